The van der Waals surface area contributed by atoms with Gasteiger partial charge in [0.15, 0.2) is 0 Å². The molecule has 0 unspecified atom stereocenters. The predicted molar refractivity (Wildman–Crippen MR) is 57.4 cm³/mol. The lowest BCUT2D eigenvalue weighted by Crippen LogP contribution is -2.00. The second-order valence-electron chi connectivity index (χ2n) is 3.26. The van der Waals surface area contributed by atoms with E-state index < -0.39 is 0 Å². The van der Waals surface area contributed by atoms with Crippen molar-refractivity contribution in [3.05, 3.63) is 29.1 Å². The summed E-state index contributed by atoms with van der Waals surface area (Å²) in [6.45, 7) is 4.07. The fourth-order valence-corrected chi connectivity index (χ4v) is 1.53. The van der Waals surface area contributed by atoms with Gasteiger partial charge in [-0.1, -0.05) is 12.7 Å². The van der Waals surface area contributed by atoms with E-state index in [2.05, 4.69) is 32.5 Å². The zero-order chi connectivity index (χ0) is 9.97. The molecule has 1 aromatic rings. The molecule has 1 aromatic heterocycles. The van der Waals surface area contributed by atoms with Crippen molar-refractivity contribution in [2.45, 2.75) is 18.8 Å². The zero-order valence-corrected chi connectivity index (χ0v) is 9.33. The monoisotopic (exact) mass is 254 g/mol. The van der Waals surface area contributed by atoms with Crippen molar-refractivity contribution in [3.63, 3.8) is 0 Å². The van der Waals surface area contributed by atoms with Gasteiger partial charge in [-0.3, -0.25) is 0 Å². The summed E-state index contributed by atoms with van der Waals surface area (Å²) >= 11 is 3.34. The summed E-state index contributed by atoms with van der Waals surface area (Å²) in [6.07, 6.45) is 4.08. The van der Waals surface area contributed by atoms with E-state index in [0.717, 1.165) is 10.4 Å². The van der Waals surface area contributed by atoms with Crippen molar-refractivity contribution < 1.29 is 4.74 Å². The van der Waals surface area contributed by atoms with E-state index in [1.807, 2.05) is 0 Å². The Hall–Kier alpha value is -0.900. The first-order valence-corrected chi connectivity index (χ1v) is 5.37. The summed E-state index contributed by atoms with van der Waals surface area (Å²) in [7, 11) is 0. The summed E-state index contributed by atoms with van der Waals surface area (Å²) in [5.74, 6) is 2.05. The largest absolute Gasteiger partial charge is 0.473 e. The smallest absolute Gasteiger partial charge is 0.218 e. The summed E-state index contributed by atoms with van der Waals surface area (Å²) in [6, 6.07) is 1.77. The van der Waals surface area contributed by atoms with Crippen LogP contribution in [0.3, 0.4) is 0 Å². The Balaban J connectivity index is 2.17. The molecule has 1 fully saturated rings. The molecular formula is C10H11BrN2O. The van der Waals surface area contributed by atoms with Gasteiger partial charge in [0.1, 0.15) is 17.0 Å². The number of aromatic nitrogens is 2. The van der Waals surface area contributed by atoms with E-state index in [1.54, 1.807) is 12.1 Å². The van der Waals surface area contributed by atoms with E-state index in [9.17, 15) is 0 Å². The van der Waals surface area contributed by atoms with Crippen LogP contribution in [0.4, 0.5) is 0 Å². The Bertz CT molecular complexity index is 350. The van der Waals surface area contributed by atoms with Gasteiger partial charge in [-0.15, -0.1) is 0 Å². The molecule has 0 bridgehead atoms. The van der Waals surface area contributed by atoms with Crippen LogP contribution in [0, 0.1) is 0 Å². The van der Waals surface area contributed by atoms with E-state index in [1.165, 1.54) is 12.8 Å². The Morgan fingerprint density at radius 3 is 3.00 bits per heavy atom. The number of hydrogen-bond acceptors (Lipinski definition) is 3. The lowest BCUT2D eigenvalue weighted by molar-refractivity contribution is 0.346. The van der Waals surface area contributed by atoms with Gasteiger partial charge >= 0.3 is 0 Å². The molecule has 0 spiro atoms. The van der Waals surface area contributed by atoms with Crippen molar-refractivity contribution in [1.29, 1.82) is 0 Å². The zero-order valence-electron chi connectivity index (χ0n) is 7.74. The van der Waals surface area contributed by atoms with E-state index in [4.69, 9.17) is 4.74 Å². The first-order valence-electron chi connectivity index (χ1n) is 4.58. The molecule has 0 radical (unpaired) electrons. The molecule has 1 saturated carbocycles. The Labute approximate surface area is 91.3 Å². The molecule has 1 heterocycles. The van der Waals surface area contributed by atoms with Crippen LogP contribution in [0.2, 0.25) is 0 Å². The Kier molecular flexibility index (Phi) is 2.82. The van der Waals surface area contributed by atoms with Crippen molar-refractivity contribution in [2.24, 2.45) is 0 Å². The average molecular weight is 255 g/mol. The van der Waals surface area contributed by atoms with E-state index >= 15 is 0 Å². The first kappa shape index (κ1) is 9.65. The minimum absolute atomic E-state index is 0.480. The minimum Gasteiger partial charge on any atom is -0.473 e. The maximum Gasteiger partial charge on any atom is 0.218 e. The van der Waals surface area contributed by atoms with Crippen LogP contribution in [-0.4, -0.2) is 16.6 Å². The van der Waals surface area contributed by atoms with Gasteiger partial charge < -0.3 is 4.74 Å². The molecule has 0 atom stereocenters. The molecule has 0 amide bonds. The van der Waals surface area contributed by atoms with Crippen molar-refractivity contribution in [2.75, 3.05) is 6.61 Å². The van der Waals surface area contributed by atoms with Gasteiger partial charge in [-0.05, 0) is 28.8 Å². The topological polar surface area (TPSA) is 35.0 Å². The molecule has 74 valence electrons. The van der Waals surface area contributed by atoms with E-state index in [-0.39, 0.29) is 0 Å². The average Bonchev–Trinajstić information content (AvgIpc) is 2.97. The lowest BCUT2D eigenvalue weighted by Gasteiger charge is -2.04. The molecular weight excluding hydrogens is 244 g/mol. The van der Waals surface area contributed by atoms with E-state index in [0.29, 0.717) is 18.4 Å². The van der Waals surface area contributed by atoms with Gasteiger partial charge in [0.25, 0.3) is 0 Å². The first-order chi connectivity index (χ1) is 6.79. The fourth-order valence-electron chi connectivity index (χ4n) is 1.16. The maximum atomic E-state index is 5.36. The molecule has 0 aliphatic heterocycles. The number of hydrogen-bond donors (Lipinski definition) is 0. The highest BCUT2D eigenvalue weighted by Crippen LogP contribution is 2.38. The fraction of sp³-hybridized carbons (Fsp3) is 0.400. The van der Waals surface area contributed by atoms with Gasteiger partial charge in [0.2, 0.25) is 5.88 Å². The SMILES string of the molecule is C=CCOc1cc(Br)nc(C2CC2)n1. The van der Waals surface area contributed by atoms with Crippen LogP contribution < -0.4 is 4.74 Å². The molecule has 0 aromatic carbocycles. The van der Waals surface area contributed by atoms with Gasteiger partial charge in [-0.25, -0.2) is 4.98 Å². The van der Waals surface area contributed by atoms with Gasteiger partial charge in [-0.2, -0.15) is 4.98 Å². The Morgan fingerprint density at radius 1 is 1.57 bits per heavy atom. The van der Waals surface area contributed by atoms with Crippen molar-refractivity contribution in [3.8, 4) is 5.88 Å². The molecule has 2 rings (SSSR count). The van der Waals surface area contributed by atoms with Crippen LogP contribution in [0.5, 0.6) is 5.88 Å². The third kappa shape index (κ3) is 2.32. The number of rotatable bonds is 4. The summed E-state index contributed by atoms with van der Waals surface area (Å²) in [5.41, 5.74) is 0. The Morgan fingerprint density at radius 2 is 2.36 bits per heavy atom. The molecule has 0 saturated heterocycles. The highest BCUT2D eigenvalue weighted by molar-refractivity contribution is 9.10. The molecule has 1 aliphatic carbocycles. The number of nitrogens with zero attached hydrogens (tertiary/aromatic N) is 2. The maximum absolute atomic E-state index is 5.36. The van der Waals surface area contributed by atoms with Gasteiger partial charge in [0.05, 0.1) is 0 Å². The van der Waals surface area contributed by atoms with Crippen molar-refractivity contribution in [1.82, 2.24) is 9.97 Å². The standard InChI is InChI=1S/C10H11BrN2O/c1-2-5-14-9-6-8(11)12-10(13-9)7-3-4-7/h2,6-7H,1,3-5H2. The summed E-state index contributed by atoms with van der Waals surface area (Å²) < 4.78 is 6.14. The second kappa shape index (κ2) is 4.09. The molecule has 0 N–H and O–H groups in total. The van der Waals surface area contributed by atoms with Crippen LogP contribution >= 0.6 is 15.9 Å². The van der Waals surface area contributed by atoms with Crippen LogP contribution in [0.1, 0.15) is 24.6 Å². The van der Waals surface area contributed by atoms with Crippen LogP contribution in [0.15, 0.2) is 23.3 Å². The summed E-state index contributed by atoms with van der Waals surface area (Å²) in [4.78, 5) is 8.63. The summed E-state index contributed by atoms with van der Waals surface area (Å²) in [5, 5.41) is 0. The highest BCUT2D eigenvalue weighted by Gasteiger charge is 2.27. The lowest BCUT2D eigenvalue weighted by atomic mass is 10.4. The normalized spacial score (nSPS) is 15.2. The molecule has 3 nitrogen and oxygen atoms in total. The third-order valence-electron chi connectivity index (χ3n) is 1.98. The molecule has 4 heteroatoms. The van der Waals surface area contributed by atoms with Crippen LogP contribution in [0.25, 0.3) is 0 Å². The third-order valence-corrected chi connectivity index (χ3v) is 2.39. The number of halogens is 1. The predicted octanol–water partition coefficient (Wildman–Crippen LogP) is 2.68. The molecule has 14 heavy (non-hydrogen) atoms. The highest BCUT2D eigenvalue weighted by atomic mass is 79.9. The molecule has 1 aliphatic rings. The second-order valence-corrected chi connectivity index (χ2v) is 4.07. The minimum atomic E-state index is 0.480. The van der Waals surface area contributed by atoms with Gasteiger partial charge in [0, 0.05) is 12.0 Å². The number of ether oxygens (including phenoxy) is 1. The van der Waals surface area contributed by atoms with Crippen LogP contribution in [-0.2, 0) is 0 Å². The quantitative estimate of drug-likeness (QED) is 0.612. The van der Waals surface area contributed by atoms with Crippen molar-refractivity contribution >= 4 is 15.9 Å².